The summed E-state index contributed by atoms with van der Waals surface area (Å²) in [5.74, 6) is -0.807. The molecule has 4 nitrogen and oxygen atoms in total. The van der Waals surface area contributed by atoms with E-state index in [1.54, 1.807) is 0 Å². The minimum absolute atomic E-state index is 0.125. The van der Waals surface area contributed by atoms with E-state index in [-0.39, 0.29) is 12.5 Å². The van der Waals surface area contributed by atoms with Gasteiger partial charge in [0.1, 0.15) is 0 Å². The van der Waals surface area contributed by atoms with Gasteiger partial charge in [0.05, 0.1) is 6.04 Å². The molecule has 0 saturated carbocycles. The minimum Gasteiger partial charge on any atom is -0.481 e. The van der Waals surface area contributed by atoms with Crippen molar-refractivity contribution in [2.75, 3.05) is 0 Å². The third-order valence-electron chi connectivity index (χ3n) is 3.51. The highest BCUT2D eigenvalue weighted by Crippen LogP contribution is 2.03. The van der Waals surface area contributed by atoms with Gasteiger partial charge in [0.25, 0.3) is 0 Å². The Morgan fingerprint density at radius 2 is 1.71 bits per heavy atom. The van der Waals surface area contributed by atoms with Gasteiger partial charge in [0, 0.05) is 6.42 Å². The van der Waals surface area contributed by atoms with Crippen molar-refractivity contribution in [3.05, 3.63) is 48.6 Å². The SMILES string of the molecule is CCCCC/C=C\C/C=C\C/C=C\C=C\[C@H](CCCC(=O)O)NO. The Morgan fingerprint density at radius 3 is 2.38 bits per heavy atom. The monoisotopic (exact) mass is 335 g/mol. The number of carboxylic acids is 1. The molecule has 0 fully saturated rings. The highest BCUT2D eigenvalue weighted by Gasteiger charge is 2.03. The number of unbranched alkanes of at least 4 members (excludes halogenated alkanes) is 3. The number of allylic oxidation sites excluding steroid dienone is 7. The molecule has 0 aliphatic rings. The maximum atomic E-state index is 10.4. The Balaban J connectivity index is 3.74. The van der Waals surface area contributed by atoms with Crippen LogP contribution in [0.2, 0.25) is 0 Å². The van der Waals surface area contributed by atoms with E-state index in [0.29, 0.717) is 12.8 Å². The van der Waals surface area contributed by atoms with Crippen LogP contribution in [0, 0.1) is 0 Å². The van der Waals surface area contributed by atoms with E-state index in [1.165, 1.54) is 25.7 Å². The summed E-state index contributed by atoms with van der Waals surface area (Å²) in [7, 11) is 0. The lowest BCUT2D eigenvalue weighted by atomic mass is 10.1. The summed E-state index contributed by atoms with van der Waals surface area (Å²) in [6.07, 6.45) is 24.6. The molecule has 0 heterocycles. The van der Waals surface area contributed by atoms with E-state index in [4.69, 9.17) is 10.3 Å². The summed E-state index contributed by atoms with van der Waals surface area (Å²) >= 11 is 0. The topological polar surface area (TPSA) is 69.6 Å². The molecule has 0 radical (unpaired) electrons. The molecule has 0 saturated heterocycles. The van der Waals surface area contributed by atoms with Crippen molar-refractivity contribution in [1.29, 1.82) is 0 Å². The van der Waals surface area contributed by atoms with E-state index in [9.17, 15) is 4.79 Å². The minimum atomic E-state index is -0.807. The van der Waals surface area contributed by atoms with Gasteiger partial charge in [-0.3, -0.25) is 4.79 Å². The first-order valence-corrected chi connectivity index (χ1v) is 8.95. The van der Waals surface area contributed by atoms with Crippen molar-refractivity contribution in [1.82, 2.24) is 5.48 Å². The molecular weight excluding hydrogens is 302 g/mol. The van der Waals surface area contributed by atoms with Crippen LogP contribution in [0.4, 0.5) is 0 Å². The number of nitrogens with one attached hydrogen (secondary N) is 1. The first-order chi connectivity index (χ1) is 11.7. The molecule has 0 rings (SSSR count). The molecule has 0 aliphatic heterocycles. The maximum Gasteiger partial charge on any atom is 0.303 e. The number of hydroxylamine groups is 1. The normalized spacial score (nSPS) is 13.8. The van der Waals surface area contributed by atoms with E-state index in [0.717, 1.165) is 12.8 Å². The van der Waals surface area contributed by atoms with Crippen molar-refractivity contribution in [3.8, 4) is 0 Å². The van der Waals surface area contributed by atoms with Gasteiger partial charge < -0.3 is 10.3 Å². The number of hydrogen-bond acceptors (Lipinski definition) is 3. The summed E-state index contributed by atoms with van der Waals surface area (Å²) < 4.78 is 0. The number of aliphatic carboxylic acids is 1. The number of rotatable bonds is 15. The average molecular weight is 335 g/mol. The summed E-state index contributed by atoms with van der Waals surface area (Å²) in [6, 6.07) is -0.206. The van der Waals surface area contributed by atoms with Crippen LogP contribution in [0.1, 0.15) is 64.7 Å². The molecule has 0 amide bonds. The summed E-state index contributed by atoms with van der Waals surface area (Å²) in [4.78, 5) is 10.4. The highest BCUT2D eigenvalue weighted by atomic mass is 16.5. The van der Waals surface area contributed by atoms with Crippen LogP contribution in [0.15, 0.2) is 48.6 Å². The Hall–Kier alpha value is -1.65. The molecule has 0 aromatic carbocycles. The van der Waals surface area contributed by atoms with E-state index in [1.807, 2.05) is 24.3 Å². The zero-order valence-electron chi connectivity index (χ0n) is 14.9. The van der Waals surface area contributed by atoms with Gasteiger partial charge in [-0.2, -0.15) is 5.48 Å². The van der Waals surface area contributed by atoms with Gasteiger partial charge in [-0.05, 0) is 38.5 Å². The van der Waals surface area contributed by atoms with Crippen molar-refractivity contribution >= 4 is 5.97 Å². The van der Waals surface area contributed by atoms with Crippen LogP contribution >= 0.6 is 0 Å². The molecule has 24 heavy (non-hydrogen) atoms. The van der Waals surface area contributed by atoms with Crippen molar-refractivity contribution in [2.45, 2.75) is 70.8 Å². The molecular formula is C20H33NO3. The fourth-order valence-corrected chi connectivity index (χ4v) is 2.11. The van der Waals surface area contributed by atoms with Gasteiger partial charge in [-0.25, -0.2) is 0 Å². The summed E-state index contributed by atoms with van der Waals surface area (Å²) in [6.45, 7) is 2.22. The number of hydrogen-bond donors (Lipinski definition) is 3. The molecule has 3 N–H and O–H groups in total. The van der Waals surface area contributed by atoms with Gasteiger partial charge >= 0.3 is 5.97 Å². The van der Waals surface area contributed by atoms with Gasteiger partial charge in [-0.1, -0.05) is 68.4 Å². The first kappa shape index (κ1) is 22.4. The zero-order chi connectivity index (χ0) is 17.9. The predicted octanol–water partition coefficient (Wildman–Crippen LogP) is 5.17. The number of carboxylic acid groups (broad SMARTS) is 1. The fraction of sp³-hybridized carbons (Fsp3) is 0.550. The third-order valence-corrected chi connectivity index (χ3v) is 3.51. The van der Waals surface area contributed by atoms with Gasteiger partial charge in [0.15, 0.2) is 0 Å². The Labute approximate surface area is 146 Å². The molecule has 0 unspecified atom stereocenters. The molecule has 0 aromatic heterocycles. The van der Waals surface area contributed by atoms with E-state index in [2.05, 4.69) is 36.7 Å². The molecule has 0 spiro atoms. The van der Waals surface area contributed by atoms with Crippen LogP contribution in [-0.2, 0) is 4.79 Å². The van der Waals surface area contributed by atoms with Crippen LogP contribution in [-0.4, -0.2) is 22.3 Å². The molecule has 1 atom stereocenters. The lowest BCUT2D eigenvalue weighted by molar-refractivity contribution is -0.137. The summed E-state index contributed by atoms with van der Waals surface area (Å²) in [5, 5.41) is 17.6. The highest BCUT2D eigenvalue weighted by molar-refractivity contribution is 5.66. The van der Waals surface area contributed by atoms with Gasteiger partial charge in [-0.15, -0.1) is 0 Å². The fourth-order valence-electron chi connectivity index (χ4n) is 2.11. The smallest absolute Gasteiger partial charge is 0.303 e. The van der Waals surface area contributed by atoms with Crippen molar-refractivity contribution in [2.24, 2.45) is 0 Å². The molecule has 0 aliphatic carbocycles. The van der Waals surface area contributed by atoms with Gasteiger partial charge in [0.2, 0.25) is 0 Å². The maximum absolute atomic E-state index is 10.4. The predicted molar refractivity (Wildman–Crippen MR) is 100 cm³/mol. The second kappa shape index (κ2) is 17.7. The van der Waals surface area contributed by atoms with E-state index >= 15 is 0 Å². The second-order valence-corrected chi connectivity index (χ2v) is 5.74. The Morgan fingerprint density at radius 1 is 1.00 bits per heavy atom. The largest absolute Gasteiger partial charge is 0.481 e. The van der Waals surface area contributed by atoms with Crippen molar-refractivity contribution in [3.63, 3.8) is 0 Å². The van der Waals surface area contributed by atoms with Crippen LogP contribution in [0.3, 0.4) is 0 Å². The number of carbonyl (C=O) groups is 1. The van der Waals surface area contributed by atoms with Crippen LogP contribution in [0.25, 0.3) is 0 Å². The summed E-state index contributed by atoms with van der Waals surface area (Å²) in [5.41, 5.74) is 2.18. The zero-order valence-corrected chi connectivity index (χ0v) is 14.9. The van der Waals surface area contributed by atoms with Crippen LogP contribution < -0.4 is 5.48 Å². The Kier molecular flexibility index (Phi) is 16.5. The van der Waals surface area contributed by atoms with Crippen LogP contribution in [0.5, 0.6) is 0 Å². The van der Waals surface area contributed by atoms with E-state index < -0.39 is 5.97 Å². The standard InChI is InChI=1S/C20H33NO3/c1-2-3-4-5-6-7-8-9-10-11-12-13-14-16-19(21-24)17-15-18-20(22)23/h6-7,9-10,12-14,16,19,21,24H,2-5,8,11,15,17-18H2,1H3,(H,22,23)/b7-6-,10-9-,13-12-,16-14+/t19-/m1/s1. The Bertz CT molecular complexity index is 411. The second-order valence-electron chi connectivity index (χ2n) is 5.74. The molecule has 0 aromatic rings. The quantitative estimate of drug-likeness (QED) is 0.167. The first-order valence-electron chi connectivity index (χ1n) is 8.95. The molecule has 136 valence electrons. The molecule has 4 heteroatoms. The lowest BCUT2D eigenvalue weighted by Crippen LogP contribution is -2.23. The van der Waals surface area contributed by atoms with Crippen molar-refractivity contribution < 1.29 is 15.1 Å². The third kappa shape index (κ3) is 16.7. The lowest BCUT2D eigenvalue weighted by Gasteiger charge is -2.08. The molecule has 0 bridgehead atoms. The average Bonchev–Trinajstić information content (AvgIpc) is 2.57.